The first-order valence-electron chi connectivity index (χ1n) is 6.37. The minimum atomic E-state index is -0.158. The molecule has 1 aliphatic heterocycles. The highest BCUT2D eigenvalue weighted by Crippen LogP contribution is 2.44. The lowest BCUT2D eigenvalue weighted by atomic mass is 9.62. The fourth-order valence-corrected chi connectivity index (χ4v) is 3.26. The zero-order chi connectivity index (χ0) is 12.0. The Balaban J connectivity index is 1.95. The van der Waals surface area contributed by atoms with Gasteiger partial charge in [0.1, 0.15) is 0 Å². The molecule has 0 saturated heterocycles. The number of nitrogens with two attached hydrogens (primary N) is 1. The lowest BCUT2D eigenvalue weighted by molar-refractivity contribution is 0.0221. The van der Waals surface area contributed by atoms with Gasteiger partial charge in [-0.3, -0.25) is 0 Å². The van der Waals surface area contributed by atoms with Crippen molar-refractivity contribution in [3.63, 3.8) is 0 Å². The van der Waals surface area contributed by atoms with Crippen molar-refractivity contribution in [3.05, 3.63) is 29.3 Å². The molecule has 1 aliphatic carbocycles. The smallest absolute Gasteiger partial charge is 0.0558 e. The first kappa shape index (κ1) is 11.1. The van der Waals surface area contributed by atoms with Gasteiger partial charge in [0.15, 0.2) is 0 Å². The van der Waals surface area contributed by atoms with E-state index in [1.54, 1.807) is 0 Å². The largest absolute Gasteiger partial charge is 0.393 e. The maximum Gasteiger partial charge on any atom is 0.0558 e. The van der Waals surface area contributed by atoms with Crippen LogP contribution in [-0.2, 0) is 11.8 Å². The average Bonchev–Trinajstić information content (AvgIpc) is 2.66. The Morgan fingerprint density at radius 3 is 2.88 bits per heavy atom. The van der Waals surface area contributed by atoms with Gasteiger partial charge in [-0.05, 0) is 36.5 Å². The van der Waals surface area contributed by atoms with E-state index in [9.17, 15) is 5.11 Å². The molecule has 92 valence electrons. The van der Waals surface area contributed by atoms with Gasteiger partial charge < -0.3 is 15.7 Å². The summed E-state index contributed by atoms with van der Waals surface area (Å²) in [6, 6.07) is 6.71. The van der Waals surface area contributed by atoms with Gasteiger partial charge in [-0.1, -0.05) is 12.1 Å². The maximum absolute atomic E-state index is 9.55. The first-order valence-corrected chi connectivity index (χ1v) is 6.37. The van der Waals surface area contributed by atoms with Crippen molar-refractivity contribution in [2.45, 2.75) is 30.8 Å². The molecule has 2 aliphatic rings. The minimum Gasteiger partial charge on any atom is -0.393 e. The number of hydrogen-bond donors (Lipinski definition) is 2. The van der Waals surface area contributed by atoms with Crippen LogP contribution in [0.4, 0.5) is 5.69 Å². The summed E-state index contributed by atoms with van der Waals surface area (Å²) in [4.78, 5) is 2.30. The fraction of sp³-hybridized carbons (Fsp3) is 0.571. The van der Waals surface area contributed by atoms with Crippen molar-refractivity contribution in [2.75, 3.05) is 25.0 Å². The molecular formula is C14H20N2O. The molecule has 0 bridgehead atoms. The van der Waals surface area contributed by atoms with Crippen LogP contribution in [0.1, 0.15) is 24.0 Å². The third-order valence-electron chi connectivity index (χ3n) is 4.46. The fourth-order valence-electron chi connectivity index (χ4n) is 3.26. The van der Waals surface area contributed by atoms with Gasteiger partial charge in [-0.2, -0.15) is 0 Å². The van der Waals surface area contributed by atoms with Gasteiger partial charge in [0.05, 0.1) is 6.10 Å². The number of nitrogens with zero attached hydrogens (tertiary/aromatic N) is 1. The van der Waals surface area contributed by atoms with Crippen LogP contribution in [0.25, 0.3) is 0 Å². The molecule has 0 unspecified atom stereocenters. The number of rotatable bonds is 2. The summed E-state index contributed by atoms with van der Waals surface area (Å²) in [5.41, 5.74) is 10.0. The van der Waals surface area contributed by atoms with Gasteiger partial charge in [-0.15, -0.1) is 0 Å². The van der Waals surface area contributed by atoms with E-state index in [2.05, 4.69) is 30.1 Å². The first-order chi connectivity index (χ1) is 8.14. The zero-order valence-electron chi connectivity index (χ0n) is 10.3. The molecule has 17 heavy (non-hydrogen) atoms. The monoisotopic (exact) mass is 232 g/mol. The summed E-state index contributed by atoms with van der Waals surface area (Å²) in [7, 11) is 2.14. The summed E-state index contributed by atoms with van der Waals surface area (Å²) in [6.45, 7) is 1.75. The van der Waals surface area contributed by atoms with Gasteiger partial charge in [0.2, 0.25) is 0 Å². The number of anilines is 1. The number of fused-ring (bicyclic) bond motifs is 1. The molecule has 0 spiro atoms. The normalized spacial score (nSPS) is 31.2. The standard InChI is InChI=1S/C14H20N2O/c1-16-5-4-10-6-11(2-3-13(10)16)14(9-15)7-12(17)8-14/h2-3,6,12,17H,4-5,7-9,15H2,1H3. The second kappa shape index (κ2) is 3.72. The van der Waals surface area contributed by atoms with Crippen molar-refractivity contribution in [2.24, 2.45) is 5.73 Å². The van der Waals surface area contributed by atoms with E-state index in [1.807, 2.05) is 0 Å². The topological polar surface area (TPSA) is 49.5 Å². The molecule has 0 amide bonds. The number of likely N-dealkylation sites (N-methyl/N-ethyl adjacent to an activating group) is 1. The van der Waals surface area contributed by atoms with E-state index in [0.29, 0.717) is 6.54 Å². The van der Waals surface area contributed by atoms with E-state index in [1.165, 1.54) is 16.8 Å². The van der Waals surface area contributed by atoms with Crippen LogP contribution in [0, 0.1) is 0 Å². The van der Waals surface area contributed by atoms with Crippen molar-refractivity contribution >= 4 is 5.69 Å². The highest BCUT2D eigenvalue weighted by molar-refractivity contribution is 5.59. The summed E-state index contributed by atoms with van der Waals surface area (Å²) in [5.74, 6) is 0. The molecule has 0 atom stereocenters. The number of benzene rings is 1. The Hall–Kier alpha value is -1.06. The second-order valence-electron chi connectivity index (χ2n) is 5.56. The number of aliphatic hydroxyl groups is 1. The van der Waals surface area contributed by atoms with Crippen LogP contribution in [0.5, 0.6) is 0 Å². The van der Waals surface area contributed by atoms with Crippen molar-refractivity contribution in [3.8, 4) is 0 Å². The van der Waals surface area contributed by atoms with Crippen LogP contribution >= 0.6 is 0 Å². The Morgan fingerprint density at radius 2 is 2.24 bits per heavy atom. The summed E-state index contributed by atoms with van der Waals surface area (Å²) in [5, 5.41) is 9.55. The van der Waals surface area contributed by atoms with Crippen LogP contribution in [0.3, 0.4) is 0 Å². The van der Waals surface area contributed by atoms with E-state index in [4.69, 9.17) is 5.73 Å². The third-order valence-corrected chi connectivity index (χ3v) is 4.46. The van der Waals surface area contributed by atoms with Gasteiger partial charge in [0.25, 0.3) is 0 Å². The maximum atomic E-state index is 9.55. The second-order valence-corrected chi connectivity index (χ2v) is 5.56. The summed E-state index contributed by atoms with van der Waals surface area (Å²) >= 11 is 0. The van der Waals surface area contributed by atoms with Crippen LogP contribution in [0.15, 0.2) is 18.2 Å². The summed E-state index contributed by atoms with van der Waals surface area (Å²) in [6.07, 6.45) is 2.61. The highest BCUT2D eigenvalue weighted by Gasteiger charge is 2.44. The molecule has 0 radical (unpaired) electrons. The van der Waals surface area contributed by atoms with E-state index >= 15 is 0 Å². The molecule has 0 aromatic heterocycles. The molecule has 3 heteroatoms. The van der Waals surface area contributed by atoms with Crippen LogP contribution < -0.4 is 10.6 Å². The number of hydrogen-bond acceptors (Lipinski definition) is 3. The quantitative estimate of drug-likeness (QED) is 0.800. The van der Waals surface area contributed by atoms with Crippen LogP contribution in [0.2, 0.25) is 0 Å². The molecule has 3 N–H and O–H groups in total. The zero-order valence-corrected chi connectivity index (χ0v) is 10.3. The lowest BCUT2D eigenvalue weighted by Crippen LogP contribution is -2.49. The van der Waals surface area contributed by atoms with Gasteiger partial charge in [-0.25, -0.2) is 0 Å². The lowest BCUT2D eigenvalue weighted by Gasteiger charge is -2.45. The van der Waals surface area contributed by atoms with Crippen molar-refractivity contribution in [1.82, 2.24) is 0 Å². The van der Waals surface area contributed by atoms with Crippen molar-refractivity contribution < 1.29 is 5.11 Å². The Morgan fingerprint density at radius 1 is 1.47 bits per heavy atom. The Kier molecular flexibility index (Phi) is 2.42. The van der Waals surface area contributed by atoms with Gasteiger partial charge in [0, 0.05) is 31.2 Å². The Labute approximate surface area is 102 Å². The SMILES string of the molecule is CN1CCc2cc(C3(CN)CC(O)C3)ccc21. The Bertz CT molecular complexity index is 438. The van der Waals surface area contributed by atoms with Gasteiger partial charge >= 0.3 is 0 Å². The van der Waals surface area contributed by atoms with E-state index in [0.717, 1.165) is 25.8 Å². The molecule has 1 saturated carbocycles. The molecule has 1 aromatic carbocycles. The molecule has 1 aromatic rings. The third kappa shape index (κ3) is 1.57. The molecular weight excluding hydrogens is 212 g/mol. The predicted octanol–water partition coefficient (Wildman–Crippen LogP) is 1.03. The predicted molar refractivity (Wildman–Crippen MR) is 69.4 cm³/mol. The minimum absolute atomic E-state index is 0.0373. The molecule has 1 heterocycles. The molecule has 1 fully saturated rings. The highest BCUT2D eigenvalue weighted by atomic mass is 16.3. The van der Waals surface area contributed by atoms with E-state index in [-0.39, 0.29) is 11.5 Å². The number of aliphatic hydroxyl groups excluding tert-OH is 1. The summed E-state index contributed by atoms with van der Waals surface area (Å²) < 4.78 is 0. The van der Waals surface area contributed by atoms with Crippen LogP contribution in [-0.4, -0.2) is 31.3 Å². The molecule has 3 rings (SSSR count). The molecule has 3 nitrogen and oxygen atoms in total. The van der Waals surface area contributed by atoms with E-state index < -0.39 is 0 Å². The van der Waals surface area contributed by atoms with Crippen molar-refractivity contribution in [1.29, 1.82) is 0 Å². The average molecular weight is 232 g/mol.